The zero-order valence-corrected chi connectivity index (χ0v) is 17.8. The lowest BCUT2D eigenvalue weighted by molar-refractivity contribution is -0.137. The standard InChI is InChI=1S/C22H28F3N5O/c1-12(2)30-21(28-20(29-30)14-6-15(10-27-9-14)22(23,24)25)19-16-7-13(8-17(16)19)18-11-26-4-3-5-31-18/h6,9-10,12-13,16-19,26H,3-5,7-8,11H2,1-2H3/t13?,16-,17+,18?,19?. The van der Waals surface area contributed by atoms with Crippen LogP contribution in [0.2, 0.25) is 0 Å². The van der Waals surface area contributed by atoms with Gasteiger partial charge in [-0.1, -0.05) is 0 Å². The summed E-state index contributed by atoms with van der Waals surface area (Å²) in [4.78, 5) is 8.49. The predicted octanol–water partition coefficient (Wildman–Crippen LogP) is 4.06. The van der Waals surface area contributed by atoms with E-state index in [1.54, 1.807) is 0 Å². The number of nitrogens with zero attached hydrogens (tertiary/aromatic N) is 4. The van der Waals surface area contributed by atoms with Crippen molar-refractivity contribution in [3.63, 3.8) is 0 Å². The number of fused-ring (bicyclic) bond motifs is 1. The van der Waals surface area contributed by atoms with E-state index in [-0.39, 0.29) is 12.1 Å². The highest BCUT2D eigenvalue weighted by atomic mass is 19.4. The van der Waals surface area contributed by atoms with Crippen molar-refractivity contribution in [1.29, 1.82) is 0 Å². The summed E-state index contributed by atoms with van der Waals surface area (Å²) >= 11 is 0. The third-order valence-corrected chi connectivity index (χ3v) is 6.95. The van der Waals surface area contributed by atoms with Gasteiger partial charge in [0.25, 0.3) is 0 Å². The molecule has 1 aliphatic heterocycles. The minimum absolute atomic E-state index is 0.0847. The summed E-state index contributed by atoms with van der Waals surface area (Å²) in [5.41, 5.74) is -0.479. The molecule has 0 aromatic carbocycles. The average Bonchev–Trinajstić information content (AvgIpc) is 3.07. The summed E-state index contributed by atoms with van der Waals surface area (Å²) in [7, 11) is 0. The highest BCUT2D eigenvalue weighted by Crippen LogP contribution is 2.65. The van der Waals surface area contributed by atoms with Crippen LogP contribution in [0.3, 0.4) is 0 Å². The Labute approximate surface area is 179 Å². The zero-order chi connectivity index (χ0) is 21.8. The number of nitrogens with one attached hydrogen (secondary N) is 1. The van der Waals surface area contributed by atoms with Crippen LogP contribution in [-0.2, 0) is 10.9 Å². The number of rotatable bonds is 4. The highest BCUT2D eigenvalue weighted by molar-refractivity contribution is 5.54. The van der Waals surface area contributed by atoms with Crippen molar-refractivity contribution in [2.45, 2.75) is 57.3 Å². The lowest BCUT2D eigenvalue weighted by Crippen LogP contribution is -2.32. The number of aromatic nitrogens is 4. The third-order valence-electron chi connectivity index (χ3n) is 6.95. The predicted molar refractivity (Wildman–Crippen MR) is 108 cm³/mol. The van der Waals surface area contributed by atoms with Gasteiger partial charge in [0.05, 0.1) is 11.7 Å². The van der Waals surface area contributed by atoms with E-state index in [4.69, 9.17) is 9.72 Å². The molecule has 6 nitrogen and oxygen atoms in total. The molecule has 3 unspecified atom stereocenters. The molecule has 0 amide bonds. The van der Waals surface area contributed by atoms with Gasteiger partial charge < -0.3 is 10.1 Å². The summed E-state index contributed by atoms with van der Waals surface area (Å²) in [5.74, 6) is 3.24. The van der Waals surface area contributed by atoms with E-state index >= 15 is 0 Å². The Morgan fingerprint density at radius 1 is 1.19 bits per heavy atom. The first-order valence-corrected chi connectivity index (χ1v) is 11.1. The maximum absolute atomic E-state index is 13.1. The number of hydrogen-bond acceptors (Lipinski definition) is 5. The minimum atomic E-state index is -4.44. The SMILES string of the molecule is CC(C)n1nc(-c2cncc(C(F)(F)F)c2)nc1C1[C@H]2CC(C3CNCCCO3)C[C@@H]12. The lowest BCUT2D eigenvalue weighted by Gasteiger charge is -2.24. The Balaban J connectivity index is 1.35. The molecule has 168 valence electrons. The van der Waals surface area contributed by atoms with Gasteiger partial charge in [0.15, 0.2) is 5.82 Å². The summed E-state index contributed by atoms with van der Waals surface area (Å²) in [6, 6.07) is 1.17. The first-order chi connectivity index (χ1) is 14.8. The van der Waals surface area contributed by atoms with Crippen molar-refractivity contribution in [2.75, 3.05) is 19.7 Å². The minimum Gasteiger partial charge on any atom is -0.377 e. The molecule has 31 heavy (non-hydrogen) atoms. The van der Waals surface area contributed by atoms with E-state index in [0.29, 0.717) is 35.1 Å². The fourth-order valence-corrected chi connectivity index (χ4v) is 5.39. The van der Waals surface area contributed by atoms with Crippen LogP contribution in [0.5, 0.6) is 0 Å². The molecule has 0 radical (unpaired) electrons. The molecule has 0 spiro atoms. The number of alkyl halides is 3. The van der Waals surface area contributed by atoms with Gasteiger partial charge in [-0.3, -0.25) is 4.98 Å². The van der Waals surface area contributed by atoms with Gasteiger partial charge in [0.1, 0.15) is 5.82 Å². The van der Waals surface area contributed by atoms with Crippen LogP contribution in [0.15, 0.2) is 18.5 Å². The topological polar surface area (TPSA) is 64.9 Å². The largest absolute Gasteiger partial charge is 0.417 e. The van der Waals surface area contributed by atoms with Crippen LogP contribution < -0.4 is 5.32 Å². The lowest BCUT2D eigenvalue weighted by atomic mass is 9.93. The molecule has 1 saturated heterocycles. The van der Waals surface area contributed by atoms with E-state index in [2.05, 4.69) is 15.4 Å². The first-order valence-electron chi connectivity index (χ1n) is 11.1. The number of halogens is 3. The molecule has 2 aromatic rings. The van der Waals surface area contributed by atoms with Crippen molar-refractivity contribution < 1.29 is 17.9 Å². The molecule has 5 atom stereocenters. The van der Waals surface area contributed by atoms with Gasteiger partial charge in [-0.05, 0) is 63.5 Å². The molecule has 5 rings (SSSR count). The van der Waals surface area contributed by atoms with Crippen LogP contribution in [0.1, 0.15) is 56.5 Å². The smallest absolute Gasteiger partial charge is 0.377 e. The number of hydrogen-bond donors (Lipinski definition) is 1. The number of ether oxygens (including phenoxy) is 1. The van der Waals surface area contributed by atoms with Gasteiger partial charge in [-0.2, -0.15) is 18.3 Å². The fourth-order valence-electron chi connectivity index (χ4n) is 5.39. The molecule has 9 heteroatoms. The van der Waals surface area contributed by atoms with Crippen LogP contribution in [0, 0.1) is 17.8 Å². The van der Waals surface area contributed by atoms with Gasteiger partial charge >= 0.3 is 6.18 Å². The Bertz CT molecular complexity index is 923. The van der Waals surface area contributed by atoms with Crippen molar-refractivity contribution in [3.05, 3.63) is 29.8 Å². The second kappa shape index (κ2) is 7.85. The van der Waals surface area contributed by atoms with Gasteiger partial charge in [-0.15, -0.1) is 0 Å². The van der Waals surface area contributed by atoms with Gasteiger partial charge in [0, 0.05) is 43.1 Å². The maximum atomic E-state index is 13.1. The first kappa shape index (κ1) is 20.9. The maximum Gasteiger partial charge on any atom is 0.417 e. The molecule has 1 N–H and O–H groups in total. The summed E-state index contributed by atoms with van der Waals surface area (Å²) in [6.45, 7) is 6.81. The Kier molecular flexibility index (Phi) is 5.29. The average molecular weight is 435 g/mol. The quantitative estimate of drug-likeness (QED) is 0.785. The normalized spacial score (nSPS) is 31.0. The monoisotopic (exact) mass is 435 g/mol. The van der Waals surface area contributed by atoms with Gasteiger partial charge in [0.2, 0.25) is 0 Å². The van der Waals surface area contributed by atoms with Crippen LogP contribution in [0.25, 0.3) is 11.4 Å². The second-order valence-corrected chi connectivity index (χ2v) is 9.34. The van der Waals surface area contributed by atoms with Crippen LogP contribution in [-0.4, -0.2) is 45.5 Å². The Morgan fingerprint density at radius 2 is 1.97 bits per heavy atom. The summed E-state index contributed by atoms with van der Waals surface area (Å²) in [5, 5.41) is 8.05. The second-order valence-electron chi connectivity index (χ2n) is 9.34. The fraction of sp³-hybridized carbons (Fsp3) is 0.682. The van der Waals surface area contributed by atoms with E-state index in [1.807, 2.05) is 18.5 Å². The molecule has 2 aliphatic carbocycles. The van der Waals surface area contributed by atoms with Crippen molar-refractivity contribution in [2.24, 2.45) is 17.8 Å². The van der Waals surface area contributed by atoms with Crippen molar-refractivity contribution in [3.8, 4) is 11.4 Å². The molecule has 3 heterocycles. The van der Waals surface area contributed by atoms with E-state index in [9.17, 15) is 13.2 Å². The van der Waals surface area contributed by atoms with Gasteiger partial charge in [-0.25, -0.2) is 9.67 Å². The molecule has 3 aliphatic rings. The van der Waals surface area contributed by atoms with Crippen molar-refractivity contribution in [1.82, 2.24) is 25.1 Å². The molecule has 3 fully saturated rings. The molecule has 2 saturated carbocycles. The summed E-state index contributed by atoms with van der Waals surface area (Å²) in [6.07, 6.45) is 1.37. The van der Waals surface area contributed by atoms with E-state index in [1.165, 1.54) is 6.20 Å². The van der Waals surface area contributed by atoms with Crippen LogP contribution >= 0.6 is 0 Å². The number of pyridine rings is 1. The highest BCUT2D eigenvalue weighted by Gasteiger charge is 2.59. The zero-order valence-electron chi connectivity index (χ0n) is 17.8. The Hall–Kier alpha value is -2.00. The van der Waals surface area contributed by atoms with E-state index < -0.39 is 11.7 Å². The Morgan fingerprint density at radius 3 is 2.68 bits per heavy atom. The molecule has 0 bridgehead atoms. The van der Waals surface area contributed by atoms with Crippen molar-refractivity contribution >= 4 is 0 Å². The van der Waals surface area contributed by atoms with E-state index in [0.717, 1.165) is 57.0 Å². The summed E-state index contributed by atoms with van der Waals surface area (Å²) < 4.78 is 47.3. The molecular weight excluding hydrogens is 407 g/mol. The van der Waals surface area contributed by atoms with Crippen LogP contribution in [0.4, 0.5) is 13.2 Å². The third kappa shape index (κ3) is 3.98. The molecular formula is C22H28F3N5O. The molecule has 2 aromatic heterocycles.